The van der Waals surface area contributed by atoms with E-state index in [0.29, 0.717) is 18.9 Å². The highest BCUT2D eigenvalue weighted by molar-refractivity contribution is 7.89. The van der Waals surface area contributed by atoms with Gasteiger partial charge in [0.1, 0.15) is 5.84 Å². The highest BCUT2D eigenvalue weighted by Crippen LogP contribution is 2.20. The number of aliphatic imine (C=N–C) groups is 1. The lowest BCUT2D eigenvalue weighted by atomic mass is 10.2. The van der Waals surface area contributed by atoms with Crippen LogP contribution in [0.25, 0.3) is 0 Å². The van der Waals surface area contributed by atoms with Gasteiger partial charge in [0.05, 0.1) is 18.0 Å². The van der Waals surface area contributed by atoms with E-state index in [0.717, 1.165) is 12.0 Å². The van der Waals surface area contributed by atoms with E-state index in [1.807, 2.05) is 6.92 Å². The number of carbonyl (C=O) groups is 1. The Labute approximate surface area is 124 Å². The second kappa shape index (κ2) is 5.23. The number of hydrogen-bond donors (Lipinski definition) is 0. The lowest BCUT2D eigenvalue weighted by molar-refractivity contribution is -0.128. The zero-order valence-corrected chi connectivity index (χ0v) is 12.6. The summed E-state index contributed by atoms with van der Waals surface area (Å²) in [5.74, 6) is 0.364. The molecule has 2 aliphatic rings. The molecule has 1 aromatic carbocycles. The minimum absolute atomic E-state index is 0.116. The van der Waals surface area contributed by atoms with Crippen LogP contribution < -0.4 is 0 Å². The van der Waals surface area contributed by atoms with E-state index in [1.54, 1.807) is 29.2 Å². The van der Waals surface area contributed by atoms with Crippen LogP contribution in [0.15, 0.2) is 34.2 Å². The largest absolute Gasteiger partial charge is 0.298 e. The standard InChI is InChI=1S/C14H17N3O3S/c1-11-3-5-12(6-4-11)21(19,20)16-9-13-15-7-2-8-17(13)14(18)10-16/h3-6H,2,7-10H2,1H3. The van der Waals surface area contributed by atoms with E-state index in [-0.39, 0.29) is 23.9 Å². The third kappa shape index (κ3) is 2.58. The molecule has 21 heavy (non-hydrogen) atoms. The first kappa shape index (κ1) is 14.2. The van der Waals surface area contributed by atoms with Gasteiger partial charge in [-0.3, -0.25) is 14.7 Å². The van der Waals surface area contributed by atoms with Gasteiger partial charge in [0.15, 0.2) is 0 Å². The van der Waals surface area contributed by atoms with Gasteiger partial charge >= 0.3 is 0 Å². The van der Waals surface area contributed by atoms with Crippen molar-refractivity contribution >= 4 is 21.8 Å². The number of amides is 1. The first-order chi connectivity index (χ1) is 9.98. The predicted octanol–water partition coefficient (Wildman–Crippen LogP) is 0.630. The Morgan fingerprint density at radius 2 is 1.86 bits per heavy atom. The molecule has 0 radical (unpaired) electrons. The van der Waals surface area contributed by atoms with Crippen molar-refractivity contribution in [2.24, 2.45) is 4.99 Å². The van der Waals surface area contributed by atoms with E-state index in [9.17, 15) is 13.2 Å². The number of rotatable bonds is 2. The number of hydrogen-bond acceptors (Lipinski definition) is 4. The summed E-state index contributed by atoms with van der Waals surface area (Å²) in [5, 5.41) is 0. The Morgan fingerprint density at radius 3 is 2.57 bits per heavy atom. The smallest absolute Gasteiger partial charge is 0.243 e. The Morgan fingerprint density at radius 1 is 1.14 bits per heavy atom. The number of amidine groups is 1. The van der Waals surface area contributed by atoms with E-state index in [4.69, 9.17) is 0 Å². The fraction of sp³-hybridized carbons (Fsp3) is 0.429. The number of piperazine rings is 1. The molecule has 0 bridgehead atoms. The molecular formula is C14H17N3O3S. The first-order valence-electron chi connectivity index (χ1n) is 6.89. The van der Waals surface area contributed by atoms with Crippen LogP contribution in [0.4, 0.5) is 0 Å². The fourth-order valence-electron chi connectivity index (χ4n) is 2.53. The summed E-state index contributed by atoms with van der Waals surface area (Å²) in [5.41, 5.74) is 0.992. The Balaban J connectivity index is 1.91. The lowest BCUT2D eigenvalue weighted by Crippen LogP contribution is -2.56. The van der Waals surface area contributed by atoms with Crippen molar-refractivity contribution < 1.29 is 13.2 Å². The molecule has 7 heteroatoms. The van der Waals surface area contributed by atoms with Crippen molar-refractivity contribution in [3.8, 4) is 0 Å². The van der Waals surface area contributed by atoms with Crippen LogP contribution in [0.5, 0.6) is 0 Å². The van der Waals surface area contributed by atoms with Gasteiger partial charge < -0.3 is 0 Å². The highest BCUT2D eigenvalue weighted by Gasteiger charge is 2.37. The Kier molecular flexibility index (Phi) is 3.54. The molecule has 0 atom stereocenters. The van der Waals surface area contributed by atoms with Crippen molar-refractivity contribution in [2.45, 2.75) is 18.2 Å². The lowest BCUT2D eigenvalue weighted by Gasteiger charge is -2.36. The topological polar surface area (TPSA) is 70.1 Å². The van der Waals surface area contributed by atoms with Gasteiger partial charge in [0.2, 0.25) is 15.9 Å². The van der Waals surface area contributed by atoms with Gasteiger partial charge in [-0.1, -0.05) is 17.7 Å². The van der Waals surface area contributed by atoms with Crippen molar-refractivity contribution in [2.75, 3.05) is 26.2 Å². The molecule has 1 amide bonds. The number of sulfonamides is 1. The summed E-state index contributed by atoms with van der Waals surface area (Å²) in [7, 11) is -3.66. The number of nitrogens with zero attached hydrogens (tertiary/aromatic N) is 3. The molecule has 1 fully saturated rings. The van der Waals surface area contributed by atoms with E-state index < -0.39 is 10.0 Å². The second-order valence-electron chi connectivity index (χ2n) is 5.28. The molecule has 1 aromatic rings. The molecule has 0 N–H and O–H groups in total. The van der Waals surface area contributed by atoms with E-state index >= 15 is 0 Å². The van der Waals surface area contributed by atoms with Crippen LogP contribution in [0.2, 0.25) is 0 Å². The minimum Gasteiger partial charge on any atom is -0.298 e. The monoisotopic (exact) mass is 307 g/mol. The molecular weight excluding hydrogens is 290 g/mol. The van der Waals surface area contributed by atoms with E-state index in [1.165, 1.54) is 4.31 Å². The molecule has 0 spiro atoms. The van der Waals surface area contributed by atoms with Crippen LogP contribution in [0, 0.1) is 6.92 Å². The highest BCUT2D eigenvalue weighted by atomic mass is 32.2. The molecule has 0 aromatic heterocycles. The molecule has 0 unspecified atom stereocenters. The molecule has 2 aliphatic heterocycles. The van der Waals surface area contributed by atoms with Crippen LogP contribution in [-0.2, 0) is 14.8 Å². The van der Waals surface area contributed by atoms with Crippen molar-refractivity contribution in [3.63, 3.8) is 0 Å². The molecule has 2 heterocycles. The van der Waals surface area contributed by atoms with E-state index in [2.05, 4.69) is 4.99 Å². The van der Waals surface area contributed by atoms with Crippen LogP contribution >= 0.6 is 0 Å². The van der Waals surface area contributed by atoms with Crippen LogP contribution in [0.3, 0.4) is 0 Å². The Bertz CT molecular complexity index is 695. The average Bonchev–Trinajstić information content (AvgIpc) is 2.47. The van der Waals surface area contributed by atoms with Crippen LogP contribution in [-0.4, -0.2) is 55.5 Å². The summed E-state index contributed by atoms with van der Waals surface area (Å²) in [6.07, 6.45) is 0.833. The van der Waals surface area contributed by atoms with Gasteiger partial charge in [0, 0.05) is 13.1 Å². The first-order valence-corrected chi connectivity index (χ1v) is 8.33. The fourth-order valence-corrected chi connectivity index (χ4v) is 3.88. The van der Waals surface area contributed by atoms with Gasteiger partial charge in [-0.05, 0) is 25.5 Å². The van der Waals surface area contributed by atoms with Crippen molar-refractivity contribution in [3.05, 3.63) is 29.8 Å². The number of carbonyl (C=O) groups excluding carboxylic acids is 1. The van der Waals surface area contributed by atoms with Gasteiger partial charge in [-0.2, -0.15) is 4.31 Å². The maximum absolute atomic E-state index is 12.6. The van der Waals surface area contributed by atoms with Crippen molar-refractivity contribution in [1.29, 1.82) is 0 Å². The quantitative estimate of drug-likeness (QED) is 0.804. The minimum atomic E-state index is -3.66. The summed E-state index contributed by atoms with van der Waals surface area (Å²) in [6.45, 7) is 3.24. The maximum atomic E-state index is 12.6. The zero-order valence-electron chi connectivity index (χ0n) is 11.8. The summed E-state index contributed by atoms with van der Waals surface area (Å²) in [6, 6.07) is 6.65. The second-order valence-corrected chi connectivity index (χ2v) is 7.22. The maximum Gasteiger partial charge on any atom is 0.243 e. The average molecular weight is 307 g/mol. The predicted molar refractivity (Wildman–Crippen MR) is 78.6 cm³/mol. The molecule has 3 rings (SSSR count). The number of fused-ring (bicyclic) bond motifs is 1. The third-order valence-corrected chi connectivity index (χ3v) is 5.54. The number of aryl methyl sites for hydroxylation is 1. The normalized spacial score (nSPS) is 20.1. The van der Waals surface area contributed by atoms with Crippen molar-refractivity contribution in [1.82, 2.24) is 9.21 Å². The summed E-state index contributed by atoms with van der Waals surface area (Å²) < 4.78 is 26.4. The molecule has 0 aliphatic carbocycles. The molecule has 0 saturated carbocycles. The zero-order chi connectivity index (χ0) is 15.0. The Hall–Kier alpha value is -1.73. The number of benzene rings is 1. The molecule has 6 nitrogen and oxygen atoms in total. The third-order valence-electron chi connectivity index (χ3n) is 3.73. The van der Waals surface area contributed by atoms with Gasteiger partial charge in [-0.15, -0.1) is 0 Å². The van der Waals surface area contributed by atoms with Gasteiger partial charge in [0.25, 0.3) is 0 Å². The van der Waals surface area contributed by atoms with Gasteiger partial charge in [-0.25, -0.2) is 8.42 Å². The summed E-state index contributed by atoms with van der Waals surface area (Å²) >= 11 is 0. The molecule has 1 saturated heterocycles. The van der Waals surface area contributed by atoms with Crippen LogP contribution in [0.1, 0.15) is 12.0 Å². The molecule has 112 valence electrons. The SMILES string of the molecule is Cc1ccc(S(=O)(=O)N2CC(=O)N3CCCN=C3C2)cc1. The summed E-state index contributed by atoms with van der Waals surface area (Å²) in [4.78, 5) is 18.2.